The second kappa shape index (κ2) is 8.37. The molecular weight excluding hydrogens is 240 g/mol. The molecule has 0 N–H and O–H groups in total. The Bertz CT molecular complexity index is 650. The van der Waals surface area contributed by atoms with Gasteiger partial charge in [0.15, 0.2) is 0 Å². The van der Waals surface area contributed by atoms with Gasteiger partial charge in [-0.15, -0.1) is 0 Å². The lowest BCUT2D eigenvalue weighted by Gasteiger charge is -2.04. The lowest BCUT2D eigenvalue weighted by atomic mass is 10.0. The summed E-state index contributed by atoms with van der Waals surface area (Å²) < 4.78 is 0. The standard InChI is InChI=1S/C16H14.2C2H6/c1-2-12-7-8-15-10-13-5-3-4-6-14(13)11-16(15)9-12;2*1-2/h3-11H,2H2,1H3;2*1-2H3. The zero-order valence-corrected chi connectivity index (χ0v) is 13.4. The van der Waals surface area contributed by atoms with Crippen molar-refractivity contribution in [2.24, 2.45) is 0 Å². The average molecular weight is 266 g/mol. The third kappa shape index (κ3) is 3.60. The highest BCUT2D eigenvalue weighted by Crippen LogP contribution is 2.23. The molecular formula is C20H26. The Kier molecular flexibility index (Phi) is 6.79. The van der Waals surface area contributed by atoms with Gasteiger partial charge in [-0.05, 0) is 45.7 Å². The van der Waals surface area contributed by atoms with Crippen LogP contribution in [0, 0.1) is 0 Å². The summed E-state index contributed by atoms with van der Waals surface area (Å²) in [6, 6.07) is 19.8. The third-order valence-electron chi connectivity index (χ3n) is 3.18. The van der Waals surface area contributed by atoms with Gasteiger partial charge in [0.25, 0.3) is 0 Å². The van der Waals surface area contributed by atoms with E-state index < -0.39 is 0 Å². The summed E-state index contributed by atoms with van der Waals surface area (Å²) in [5, 5.41) is 5.32. The molecule has 0 bridgehead atoms. The molecule has 0 atom stereocenters. The topological polar surface area (TPSA) is 0 Å². The zero-order valence-electron chi connectivity index (χ0n) is 13.4. The van der Waals surface area contributed by atoms with Crippen molar-refractivity contribution in [1.29, 1.82) is 0 Å². The van der Waals surface area contributed by atoms with Gasteiger partial charge in [-0.3, -0.25) is 0 Å². The molecule has 3 rings (SSSR count). The van der Waals surface area contributed by atoms with Gasteiger partial charge >= 0.3 is 0 Å². The van der Waals surface area contributed by atoms with Crippen molar-refractivity contribution in [3.63, 3.8) is 0 Å². The molecule has 0 aliphatic rings. The van der Waals surface area contributed by atoms with Gasteiger partial charge in [-0.25, -0.2) is 0 Å². The molecule has 0 unspecified atom stereocenters. The van der Waals surface area contributed by atoms with Crippen LogP contribution in [0.2, 0.25) is 0 Å². The normalized spacial score (nSPS) is 9.45. The second-order valence-corrected chi connectivity index (χ2v) is 4.23. The molecule has 0 fully saturated rings. The molecule has 0 aliphatic carbocycles. The van der Waals surface area contributed by atoms with Crippen molar-refractivity contribution in [3.8, 4) is 0 Å². The third-order valence-corrected chi connectivity index (χ3v) is 3.18. The molecule has 0 spiro atoms. The van der Waals surface area contributed by atoms with E-state index in [1.807, 2.05) is 27.7 Å². The Morgan fingerprint density at radius 2 is 1.10 bits per heavy atom. The molecule has 0 aromatic heterocycles. The molecule has 3 aromatic rings. The predicted octanol–water partition coefficient (Wildman–Crippen LogP) is 6.61. The highest BCUT2D eigenvalue weighted by molar-refractivity contribution is 5.98. The van der Waals surface area contributed by atoms with Crippen LogP contribution in [-0.2, 0) is 6.42 Å². The molecule has 0 radical (unpaired) electrons. The highest BCUT2D eigenvalue weighted by atomic mass is 14.0. The van der Waals surface area contributed by atoms with Gasteiger partial charge in [0.2, 0.25) is 0 Å². The SMILES string of the molecule is CC.CC.CCc1ccc2cc3ccccc3cc2c1. The van der Waals surface area contributed by atoms with Gasteiger partial charge in [-0.1, -0.05) is 77.1 Å². The van der Waals surface area contributed by atoms with E-state index in [0.717, 1.165) is 6.42 Å². The van der Waals surface area contributed by atoms with Crippen LogP contribution >= 0.6 is 0 Å². The molecule has 0 heterocycles. The van der Waals surface area contributed by atoms with Crippen molar-refractivity contribution < 1.29 is 0 Å². The average Bonchev–Trinajstić information content (AvgIpc) is 2.56. The molecule has 0 saturated heterocycles. The maximum absolute atomic E-state index is 2.29. The monoisotopic (exact) mass is 266 g/mol. The summed E-state index contributed by atoms with van der Waals surface area (Å²) in [6.07, 6.45) is 1.10. The van der Waals surface area contributed by atoms with Crippen molar-refractivity contribution in [2.75, 3.05) is 0 Å². The maximum atomic E-state index is 2.29. The minimum Gasteiger partial charge on any atom is -0.0683 e. The molecule has 0 aliphatic heterocycles. The summed E-state index contributed by atoms with van der Waals surface area (Å²) in [6.45, 7) is 10.2. The fourth-order valence-electron chi connectivity index (χ4n) is 2.21. The summed E-state index contributed by atoms with van der Waals surface area (Å²) in [7, 11) is 0. The van der Waals surface area contributed by atoms with E-state index in [1.54, 1.807) is 0 Å². The Morgan fingerprint density at radius 3 is 1.65 bits per heavy atom. The van der Waals surface area contributed by atoms with Crippen molar-refractivity contribution in [2.45, 2.75) is 41.0 Å². The highest BCUT2D eigenvalue weighted by Gasteiger charge is 1.98. The first-order chi connectivity index (χ1) is 9.86. The summed E-state index contributed by atoms with van der Waals surface area (Å²) in [5.41, 5.74) is 1.41. The number of hydrogen-bond donors (Lipinski definition) is 0. The predicted molar refractivity (Wildman–Crippen MR) is 93.5 cm³/mol. The zero-order chi connectivity index (χ0) is 15.0. The molecule has 106 valence electrons. The lowest BCUT2D eigenvalue weighted by molar-refractivity contribution is 1.15. The van der Waals surface area contributed by atoms with E-state index in [4.69, 9.17) is 0 Å². The lowest BCUT2D eigenvalue weighted by Crippen LogP contribution is -1.81. The molecule has 0 saturated carbocycles. The van der Waals surface area contributed by atoms with E-state index in [2.05, 4.69) is 61.5 Å². The fraction of sp³-hybridized carbons (Fsp3) is 0.300. The first-order valence-electron chi connectivity index (χ1n) is 7.78. The van der Waals surface area contributed by atoms with E-state index >= 15 is 0 Å². The van der Waals surface area contributed by atoms with Crippen molar-refractivity contribution >= 4 is 21.5 Å². The fourth-order valence-corrected chi connectivity index (χ4v) is 2.21. The van der Waals surface area contributed by atoms with Gasteiger partial charge < -0.3 is 0 Å². The van der Waals surface area contributed by atoms with Gasteiger partial charge in [0.05, 0.1) is 0 Å². The van der Waals surface area contributed by atoms with E-state index in [1.165, 1.54) is 27.1 Å². The molecule has 0 amide bonds. The quantitative estimate of drug-likeness (QED) is 0.435. The molecule has 0 nitrogen and oxygen atoms in total. The van der Waals surface area contributed by atoms with Gasteiger partial charge in [0, 0.05) is 0 Å². The number of rotatable bonds is 1. The smallest absolute Gasteiger partial charge is 0.0175 e. The first kappa shape index (κ1) is 16.2. The number of fused-ring (bicyclic) bond motifs is 2. The first-order valence-corrected chi connectivity index (χ1v) is 7.78. The van der Waals surface area contributed by atoms with Crippen molar-refractivity contribution in [3.05, 3.63) is 60.2 Å². The van der Waals surface area contributed by atoms with E-state index in [0.29, 0.717) is 0 Å². The Hall–Kier alpha value is -1.82. The summed E-state index contributed by atoms with van der Waals surface area (Å²) >= 11 is 0. The van der Waals surface area contributed by atoms with Crippen LogP contribution in [0.25, 0.3) is 21.5 Å². The second-order valence-electron chi connectivity index (χ2n) is 4.23. The van der Waals surface area contributed by atoms with Crippen LogP contribution in [0.3, 0.4) is 0 Å². The maximum Gasteiger partial charge on any atom is -0.0175 e. The van der Waals surface area contributed by atoms with E-state index in [9.17, 15) is 0 Å². The Labute approximate surface area is 123 Å². The minimum absolute atomic E-state index is 1.10. The van der Waals surface area contributed by atoms with Crippen LogP contribution in [0.5, 0.6) is 0 Å². The largest absolute Gasteiger partial charge is 0.0683 e. The van der Waals surface area contributed by atoms with Crippen LogP contribution in [-0.4, -0.2) is 0 Å². The van der Waals surface area contributed by atoms with Crippen molar-refractivity contribution in [1.82, 2.24) is 0 Å². The number of hydrogen-bond acceptors (Lipinski definition) is 0. The van der Waals surface area contributed by atoms with Crippen LogP contribution in [0.1, 0.15) is 40.2 Å². The molecule has 0 heteroatoms. The minimum atomic E-state index is 1.10. The van der Waals surface area contributed by atoms with Gasteiger partial charge in [-0.2, -0.15) is 0 Å². The van der Waals surface area contributed by atoms with Crippen LogP contribution < -0.4 is 0 Å². The van der Waals surface area contributed by atoms with Crippen LogP contribution in [0.4, 0.5) is 0 Å². The summed E-state index contributed by atoms with van der Waals surface area (Å²) in [5.74, 6) is 0. The Morgan fingerprint density at radius 1 is 0.600 bits per heavy atom. The molecule has 20 heavy (non-hydrogen) atoms. The van der Waals surface area contributed by atoms with Crippen LogP contribution in [0.15, 0.2) is 54.6 Å². The number of benzene rings is 3. The van der Waals surface area contributed by atoms with Gasteiger partial charge in [0.1, 0.15) is 0 Å². The summed E-state index contributed by atoms with van der Waals surface area (Å²) in [4.78, 5) is 0. The number of aryl methyl sites for hydroxylation is 1. The molecule has 3 aromatic carbocycles. The Balaban J connectivity index is 0.000000461. The van der Waals surface area contributed by atoms with E-state index in [-0.39, 0.29) is 0 Å².